The van der Waals surface area contributed by atoms with E-state index >= 15 is 0 Å². The fourth-order valence-electron chi connectivity index (χ4n) is 3.29. The molecule has 1 aliphatic carbocycles. The Bertz CT molecular complexity index is 704. The molecule has 1 amide bonds. The molecule has 3 rings (SSSR count). The Morgan fingerprint density at radius 2 is 1.91 bits per heavy atom. The van der Waals surface area contributed by atoms with Crippen molar-refractivity contribution in [1.82, 2.24) is 10.3 Å². The minimum Gasteiger partial charge on any atom is -0.497 e. The van der Waals surface area contributed by atoms with E-state index in [1.54, 1.807) is 7.11 Å². The molecule has 1 saturated carbocycles. The van der Waals surface area contributed by atoms with Gasteiger partial charge in [0.05, 0.1) is 23.9 Å². The Morgan fingerprint density at radius 1 is 1.17 bits per heavy atom. The van der Waals surface area contributed by atoms with Gasteiger partial charge in [0.15, 0.2) is 0 Å². The lowest BCUT2D eigenvalue weighted by molar-refractivity contribution is 0.0932. The first-order chi connectivity index (χ1) is 11.2. The van der Waals surface area contributed by atoms with Gasteiger partial charge in [-0.15, -0.1) is 0 Å². The van der Waals surface area contributed by atoms with E-state index < -0.39 is 0 Å². The monoisotopic (exact) mass is 312 g/mol. The second-order valence-electron chi connectivity index (χ2n) is 6.34. The average Bonchev–Trinajstić information content (AvgIpc) is 2.82. The van der Waals surface area contributed by atoms with Crippen molar-refractivity contribution in [3.63, 3.8) is 0 Å². The predicted octanol–water partition coefficient (Wildman–Crippen LogP) is 4.00. The Hall–Kier alpha value is -2.10. The minimum absolute atomic E-state index is 0.00776. The minimum atomic E-state index is -0.00776. The van der Waals surface area contributed by atoms with Crippen LogP contribution in [0.25, 0.3) is 10.9 Å². The molecule has 0 radical (unpaired) electrons. The van der Waals surface area contributed by atoms with Crippen LogP contribution in [0.3, 0.4) is 0 Å². The van der Waals surface area contributed by atoms with Gasteiger partial charge in [0.2, 0.25) is 0 Å². The summed E-state index contributed by atoms with van der Waals surface area (Å²) < 4.78 is 5.26. The van der Waals surface area contributed by atoms with E-state index in [-0.39, 0.29) is 5.91 Å². The molecule has 2 aromatic rings. The molecule has 0 bridgehead atoms. The molecule has 4 heteroatoms. The van der Waals surface area contributed by atoms with Crippen molar-refractivity contribution >= 4 is 16.8 Å². The summed E-state index contributed by atoms with van der Waals surface area (Å²) >= 11 is 0. The normalized spacial score (nSPS) is 16.1. The van der Waals surface area contributed by atoms with Gasteiger partial charge in [-0.3, -0.25) is 9.78 Å². The highest BCUT2D eigenvalue weighted by Gasteiger charge is 2.18. The summed E-state index contributed by atoms with van der Waals surface area (Å²) in [6.45, 7) is 1.89. The van der Waals surface area contributed by atoms with E-state index in [0.29, 0.717) is 11.6 Å². The van der Waals surface area contributed by atoms with Crippen LogP contribution in [0.2, 0.25) is 0 Å². The van der Waals surface area contributed by atoms with Crippen molar-refractivity contribution in [3.05, 3.63) is 35.5 Å². The van der Waals surface area contributed by atoms with Gasteiger partial charge in [-0.2, -0.15) is 0 Å². The first-order valence-electron chi connectivity index (χ1n) is 8.43. The van der Waals surface area contributed by atoms with Crippen LogP contribution in [0.5, 0.6) is 5.75 Å². The van der Waals surface area contributed by atoms with Crippen LogP contribution in [-0.4, -0.2) is 24.0 Å². The van der Waals surface area contributed by atoms with Gasteiger partial charge in [0.1, 0.15) is 5.75 Å². The number of aromatic nitrogens is 1. The third-order valence-corrected chi connectivity index (χ3v) is 4.65. The first-order valence-corrected chi connectivity index (χ1v) is 8.43. The Kier molecular flexibility index (Phi) is 4.79. The van der Waals surface area contributed by atoms with E-state index in [4.69, 9.17) is 4.74 Å². The maximum Gasteiger partial charge on any atom is 0.253 e. The Morgan fingerprint density at radius 3 is 2.61 bits per heavy atom. The van der Waals surface area contributed by atoms with Crippen LogP contribution in [0.1, 0.15) is 54.6 Å². The zero-order valence-electron chi connectivity index (χ0n) is 13.9. The van der Waals surface area contributed by atoms with Crippen molar-refractivity contribution in [2.24, 2.45) is 0 Å². The van der Waals surface area contributed by atoms with Gasteiger partial charge >= 0.3 is 0 Å². The summed E-state index contributed by atoms with van der Waals surface area (Å²) in [6.07, 6.45) is 7.14. The molecule has 1 aromatic heterocycles. The first kappa shape index (κ1) is 15.8. The highest BCUT2D eigenvalue weighted by atomic mass is 16.5. The molecule has 1 heterocycles. The number of benzene rings is 1. The third kappa shape index (κ3) is 3.63. The van der Waals surface area contributed by atoms with E-state index in [1.807, 2.05) is 31.2 Å². The highest BCUT2D eigenvalue weighted by molar-refractivity contribution is 5.99. The fraction of sp³-hybridized carbons (Fsp3) is 0.474. The molecule has 4 nitrogen and oxygen atoms in total. The average molecular weight is 312 g/mol. The number of methoxy groups -OCH3 is 1. The summed E-state index contributed by atoms with van der Waals surface area (Å²) in [4.78, 5) is 17.2. The fourth-order valence-corrected chi connectivity index (χ4v) is 3.29. The Labute approximate surface area is 137 Å². The largest absolute Gasteiger partial charge is 0.497 e. The molecular weight excluding hydrogens is 288 g/mol. The van der Waals surface area contributed by atoms with Gasteiger partial charge < -0.3 is 10.1 Å². The molecule has 1 aromatic carbocycles. The van der Waals surface area contributed by atoms with Crippen molar-refractivity contribution in [1.29, 1.82) is 0 Å². The number of carbonyl (C=O) groups is 1. The molecule has 1 fully saturated rings. The predicted molar refractivity (Wildman–Crippen MR) is 92.0 cm³/mol. The maximum absolute atomic E-state index is 12.7. The number of rotatable bonds is 3. The maximum atomic E-state index is 12.7. The number of nitrogens with zero attached hydrogens (tertiary/aromatic N) is 1. The van der Waals surface area contributed by atoms with E-state index in [1.165, 1.54) is 25.7 Å². The van der Waals surface area contributed by atoms with Crippen LogP contribution < -0.4 is 10.1 Å². The third-order valence-electron chi connectivity index (χ3n) is 4.65. The lowest BCUT2D eigenvalue weighted by atomic mass is 10.1. The highest BCUT2D eigenvalue weighted by Crippen LogP contribution is 2.23. The molecule has 23 heavy (non-hydrogen) atoms. The second kappa shape index (κ2) is 6.99. The van der Waals surface area contributed by atoms with Crippen LogP contribution >= 0.6 is 0 Å². The van der Waals surface area contributed by atoms with E-state index in [2.05, 4.69) is 10.3 Å². The second-order valence-corrected chi connectivity index (χ2v) is 6.34. The molecule has 0 unspecified atom stereocenters. The number of fused-ring (bicyclic) bond motifs is 1. The van der Waals surface area contributed by atoms with E-state index in [0.717, 1.165) is 35.2 Å². The summed E-state index contributed by atoms with van der Waals surface area (Å²) in [7, 11) is 1.64. The number of carbonyl (C=O) groups excluding carboxylic acids is 1. The quantitative estimate of drug-likeness (QED) is 0.871. The van der Waals surface area contributed by atoms with Gasteiger partial charge in [0.25, 0.3) is 5.91 Å². The van der Waals surface area contributed by atoms with Crippen LogP contribution in [0.4, 0.5) is 0 Å². The molecular formula is C19H24N2O2. The summed E-state index contributed by atoms with van der Waals surface area (Å²) in [5.41, 5.74) is 2.32. The lowest BCUT2D eigenvalue weighted by Gasteiger charge is -2.17. The zero-order valence-corrected chi connectivity index (χ0v) is 13.9. The molecule has 0 aliphatic heterocycles. The molecule has 0 spiro atoms. The number of ether oxygens (including phenoxy) is 1. The molecule has 1 aliphatic rings. The smallest absolute Gasteiger partial charge is 0.253 e. The lowest BCUT2D eigenvalue weighted by Crippen LogP contribution is -2.34. The van der Waals surface area contributed by atoms with Crippen LogP contribution in [0.15, 0.2) is 24.3 Å². The summed E-state index contributed by atoms with van der Waals surface area (Å²) in [5, 5.41) is 4.13. The standard InChI is InChI=1S/C19H24N2O2/c1-13-17(19(22)21-15-7-5-3-4-6-8-15)12-14-11-16(23-2)9-10-18(14)20-13/h9-12,15H,3-8H2,1-2H3,(H,21,22). The SMILES string of the molecule is COc1ccc2nc(C)c(C(=O)NC3CCCCCC3)cc2c1. The number of hydrogen-bond donors (Lipinski definition) is 1. The number of nitrogens with one attached hydrogen (secondary N) is 1. The molecule has 0 atom stereocenters. The Balaban J connectivity index is 1.85. The summed E-state index contributed by atoms with van der Waals surface area (Å²) in [5.74, 6) is 0.768. The van der Waals surface area contributed by atoms with Gasteiger partial charge in [0, 0.05) is 11.4 Å². The molecule has 1 N–H and O–H groups in total. The van der Waals surface area contributed by atoms with Crippen molar-refractivity contribution in [2.75, 3.05) is 7.11 Å². The van der Waals surface area contributed by atoms with Gasteiger partial charge in [-0.25, -0.2) is 0 Å². The van der Waals surface area contributed by atoms with Gasteiger partial charge in [-0.05, 0) is 44.0 Å². The molecule has 122 valence electrons. The topological polar surface area (TPSA) is 51.2 Å². The molecule has 0 saturated heterocycles. The van der Waals surface area contributed by atoms with E-state index in [9.17, 15) is 4.79 Å². The number of hydrogen-bond acceptors (Lipinski definition) is 3. The van der Waals surface area contributed by atoms with Crippen molar-refractivity contribution < 1.29 is 9.53 Å². The summed E-state index contributed by atoms with van der Waals surface area (Å²) in [6, 6.07) is 7.95. The van der Waals surface area contributed by atoms with Gasteiger partial charge in [-0.1, -0.05) is 25.7 Å². The van der Waals surface area contributed by atoms with Crippen LogP contribution in [-0.2, 0) is 0 Å². The number of pyridine rings is 1. The van der Waals surface area contributed by atoms with Crippen molar-refractivity contribution in [3.8, 4) is 5.75 Å². The number of aryl methyl sites for hydroxylation is 1. The van der Waals surface area contributed by atoms with Crippen LogP contribution in [0, 0.1) is 6.92 Å². The van der Waals surface area contributed by atoms with Crippen molar-refractivity contribution in [2.45, 2.75) is 51.5 Å². The number of amides is 1. The zero-order chi connectivity index (χ0) is 16.2.